The molecule has 2 rings (SSSR count). The van der Waals surface area contributed by atoms with Crippen LogP contribution in [0.1, 0.15) is 19.8 Å². The Morgan fingerprint density at radius 1 is 1.24 bits per heavy atom. The molecule has 0 atom stereocenters. The van der Waals surface area contributed by atoms with E-state index in [9.17, 15) is 13.2 Å². The van der Waals surface area contributed by atoms with E-state index in [-0.39, 0.29) is 11.2 Å². The number of hydrogen-bond acceptors (Lipinski definition) is 3. The summed E-state index contributed by atoms with van der Waals surface area (Å²) >= 11 is 0. The van der Waals surface area contributed by atoms with E-state index in [0.717, 1.165) is 18.5 Å². The highest BCUT2D eigenvalue weighted by atomic mass is 32.2. The van der Waals surface area contributed by atoms with Gasteiger partial charge in [-0.2, -0.15) is 0 Å². The minimum absolute atomic E-state index is 0.0208. The maximum atomic E-state index is 10.5. The Kier molecular flexibility index (Phi) is 4.69. The van der Waals surface area contributed by atoms with Crippen LogP contribution in [0, 0.1) is 0 Å². The molecule has 1 fully saturated rings. The van der Waals surface area contributed by atoms with Gasteiger partial charge in [-0.15, -0.1) is 0 Å². The van der Waals surface area contributed by atoms with Crippen LogP contribution >= 0.6 is 0 Å². The molecule has 1 N–H and O–H groups in total. The second kappa shape index (κ2) is 5.82. The van der Waals surface area contributed by atoms with Gasteiger partial charge in [-0.3, -0.25) is 4.79 Å². The second-order valence-corrected chi connectivity index (χ2v) is 6.40. The number of anilines is 1. The largest absolute Gasteiger partial charge is 0.326 e. The normalized spacial score (nSPS) is 14.5. The smallest absolute Gasteiger partial charge is 0.221 e. The fraction of sp³-hybridized carbons (Fsp3) is 0.417. The lowest BCUT2D eigenvalue weighted by Crippen LogP contribution is -2.04. The van der Waals surface area contributed by atoms with E-state index in [1.54, 1.807) is 0 Å². The predicted octanol–water partition coefficient (Wildman–Crippen LogP) is 1.84. The van der Waals surface area contributed by atoms with Gasteiger partial charge in [0.15, 0.2) is 0 Å². The first-order valence-corrected chi connectivity index (χ1v) is 7.36. The Hall–Kier alpha value is -1.36. The summed E-state index contributed by atoms with van der Waals surface area (Å²) in [5.41, 5.74) is 0.843. The number of rotatable bonds is 2. The molecule has 0 spiro atoms. The summed E-state index contributed by atoms with van der Waals surface area (Å²) in [5, 5.41) is 2.69. The van der Waals surface area contributed by atoms with Crippen molar-refractivity contribution < 1.29 is 13.2 Å². The van der Waals surface area contributed by atoms with Crippen molar-refractivity contribution in [3.05, 3.63) is 30.3 Å². The average molecular weight is 255 g/mol. The van der Waals surface area contributed by atoms with Gasteiger partial charge < -0.3 is 5.32 Å². The molecule has 0 saturated heterocycles. The molecule has 1 aliphatic carbocycles. The predicted molar refractivity (Wildman–Crippen MR) is 68.6 cm³/mol. The molecule has 17 heavy (non-hydrogen) atoms. The third-order valence-corrected chi connectivity index (χ3v) is 3.91. The summed E-state index contributed by atoms with van der Waals surface area (Å²) in [4.78, 5) is 10.5. The highest BCUT2D eigenvalue weighted by Crippen LogP contribution is 2.26. The Morgan fingerprint density at radius 3 is 2.06 bits per heavy atom. The summed E-state index contributed by atoms with van der Waals surface area (Å²) < 4.78 is 20.8. The maximum Gasteiger partial charge on any atom is 0.221 e. The molecule has 0 radical (unpaired) electrons. The van der Waals surface area contributed by atoms with E-state index >= 15 is 0 Å². The number of nitrogens with one attached hydrogen (secondary N) is 1. The number of benzene rings is 1. The second-order valence-electron chi connectivity index (χ2n) is 4.08. The van der Waals surface area contributed by atoms with Crippen molar-refractivity contribution >= 4 is 21.4 Å². The van der Waals surface area contributed by atoms with Crippen molar-refractivity contribution in [3.8, 4) is 0 Å². The number of carbonyl (C=O) groups is 1. The summed E-state index contributed by atoms with van der Waals surface area (Å²) in [6, 6.07) is 9.37. The monoisotopic (exact) mass is 255 g/mol. The Balaban J connectivity index is 0.000000181. The molecule has 0 heterocycles. The molecule has 4 nitrogen and oxygen atoms in total. The molecular weight excluding hydrogens is 238 g/mol. The zero-order chi connectivity index (χ0) is 12.9. The molecule has 5 heteroatoms. The van der Waals surface area contributed by atoms with Crippen LogP contribution < -0.4 is 5.32 Å². The third kappa shape index (κ3) is 6.06. The first-order chi connectivity index (χ1) is 7.89. The van der Waals surface area contributed by atoms with Crippen molar-refractivity contribution in [3.63, 3.8) is 0 Å². The number of hydrogen-bond donors (Lipinski definition) is 1. The van der Waals surface area contributed by atoms with E-state index < -0.39 is 9.84 Å². The highest BCUT2D eigenvalue weighted by molar-refractivity contribution is 7.91. The van der Waals surface area contributed by atoms with Gasteiger partial charge in [0.2, 0.25) is 5.91 Å². The van der Waals surface area contributed by atoms with Crippen molar-refractivity contribution in [1.29, 1.82) is 0 Å². The van der Waals surface area contributed by atoms with Gasteiger partial charge in [0.25, 0.3) is 0 Å². The number of carbonyl (C=O) groups excluding carboxylic acids is 1. The lowest BCUT2D eigenvalue weighted by atomic mass is 10.3. The van der Waals surface area contributed by atoms with Crippen LogP contribution in [0.5, 0.6) is 0 Å². The molecule has 1 saturated carbocycles. The minimum atomic E-state index is -2.63. The molecule has 0 aliphatic heterocycles. The SMILES string of the molecule is CC(=O)Nc1ccccc1.CS(=O)(=O)C1CC1. The highest BCUT2D eigenvalue weighted by Gasteiger charge is 2.31. The molecule has 1 aliphatic rings. The third-order valence-electron chi connectivity index (χ3n) is 2.22. The van der Waals surface area contributed by atoms with Crippen molar-refractivity contribution in [2.24, 2.45) is 0 Å². The van der Waals surface area contributed by atoms with Crippen LogP contribution in [0.4, 0.5) is 5.69 Å². The average Bonchev–Trinajstić information content (AvgIpc) is 3.00. The van der Waals surface area contributed by atoms with Crippen molar-refractivity contribution in [2.45, 2.75) is 25.0 Å². The first-order valence-electron chi connectivity index (χ1n) is 5.41. The van der Waals surface area contributed by atoms with Crippen LogP contribution in [-0.4, -0.2) is 25.8 Å². The van der Waals surface area contributed by atoms with E-state index in [4.69, 9.17) is 0 Å². The lowest BCUT2D eigenvalue weighted by molar-refractivity contribution is -0.114. The summed E-state index contributed by atoms with van der Waals surface area (Å²) in [6.45, 7) is 1.49. The molecule has 0 bridgehead atoms. The van der Waals surface area contributed by atoms with Crippen LogP contribution in [0.15, 0.2) is 30.3 Å². The van der Waals surface area contributed by atoms with Gasteiger partial charge in [0, 0.05) is 18.9 Å². The topological polar surface area (TPSA) is 63.2 Å². The Bertz CT molecular complexity index is 464. The fourth-order valence-electron chi connectivity index (χ4n) is 1.22. The number of para-hydroxylation sites is 1. The van der Waals surface area contributed by atoms with Gasteiger partial charge in [0.05, 0.1) is 5.25 Å². The van der Waals surface area contributed by atoms with Crippen LogP contribution in [0.25, 0.3) is 0 Å². The van der Waals surface area contributed by atoms with Crippen LogP contribution in [-0.2, 0) is 14.6 Å². The van der Waals surface area contributed by atoms with Crippen molar-refractivity contribution in [2.75, 3.05) is 11.6 Å². The standard InChI is InChI=1S/C8H9NO.C4H8O2S/c1-7(10)9-8-5-3-2-4-6-8;1-7(5,6)4-2-3-4/h2-6H,1H3,(H,9,10);4H,2-3H2,1H3. The molecule has 0 aromatic heterocycles. The van der Waals surface area contributed by atoms with Gasteiger partial charge >= 0.3 is 0 Å². The van der Waals surface area contributed by atoms with E-state index in [1.165, 1.54) is 13.2 Å². The molecular formula is C12H17NO3S. The molecule has 1 aromatic rings. The van der Waals surface area contributed by atoms with E-state index in [0.29, 0.717) is 0 Å². The van der Waals surface area contributed by atoms with Gasteiger partial charge in [-0.1, -0.05) is 18.2 Å². The summed E-state index contributed by atoms with van der Waals surface area (Å²) in [7, 11) is -2.63. The number of sulfone groups is 1. The Labute approximate surface area is 102 Å². The maximum absolute atomic E-state index is 10.5. The zero-order valence-corrected chi connectivity index (χ0v) is 10.8. The molecule has 0 unspecified atom stereocenters. The van der Waals surface area contributed by atoms with Gasteiger partial charge in [-0.05, 0) is 25.0 Å². The minimum Gasteiger partial charge on any atom is -0.326 e. The number of amides is 1. The van der Waals surface area contributed by atoms with E-state index in [1.807, 2.05) is 30.3 Å². The van der Waals surface area contributed by atoms with Crippen LogP contribution in [0.3, 0.4) is 0 Å². The molecule has 94 valence electrons. The van der Waals surface area contributed by atoms with Gasteiger partial charge in [-0.25, -0.2) is 8.42 Å². The fourth-order valence-corrected chi connectivity index (χ4v) is 2.21. The van der Waals surface area contributed by atoms with E-state index in [2.05, 4.69) is 5.32 Å². The summed E-state index contributed by atoms with van der Waals surface area (Å²) in [5.74, 6) is -0.0359. The molecule has 1 amide bonds. The molecule has 1 aromatic carbocycles. The van der Waals surface area contributed by atoms with Crippen LogP contribution in [0.2, 0.25) is 0 Å². The lowest BCUT2D eigenvalue weighted by Gasteiger charge is -1.98. The first kappa shape index (κ1) is 13.7. The Morgan fingerprint density at radius 2 is 1.76 bits per heavy atom. The summed E-state index contributed by atoms with van der Waals surface area (Å²) in [6.07, 6.45) is 3.07. The quantitative estimate of drug-likeness (QED) is 0.877. The van der Waals surface area contributed by atoms with Crippen molar-refractivity contribution in [1.82, 2.24) is 0 Å². The zero-order valence-electron chi connectivity index (χ0n) is 10.0. The van der Waals surface area contributed by atoms with Gasteiger partial charge in [0.1, 0.15) is 9.84 Å².